The van der Waals surface area contributed by atoms with E-state index in [-0.39, 0.29) is 5.91 Å². The molecule has 4 N–H and O–H groups in total. The highest BCUT2D eigenvalue weighted by molar-refractivity contribution is 6.00. The van der Waals surface area contributed by atoms with Gasteiger partial charge < -0.3 is 21.1 Å². The summed E-state index contributed by atoms with van der Waals surface area (Å²) in [6.45, 7) is 1.96. The van der Waals surface area contributed by atoms with Crippen LogP contribution in [0.2, 0.25) is 0 Å². The Hall–Kier alpha value is -2.69. The lowest BCUT2D eigenvalue weighted by atomic mass is 10.1. The van der Waals surface area contributed by atoms with E-state index in [0.717, 1.165) is 17.0 Å². The van der Waals surface area contributed by atoms with Crippen LogP contribution < -0.4 is 21.1 Å². The normalized spacial score (nSPS) is 10.0. The predicted molar refractivity (Wildman–Crippen MR) is 85.3 cm³/mol. The number of anilines is 3. The quantitative estimate of drug-likeness (QED) is 0.755. The number of carbonyl (C=O) groups excluding carboxylic acids is 1. The van der Waals surface area contributed by atoms with Gasteiger partial charge in [0.2, 0.25) is 0 Å². The molecule has 0 aromatic heterocycles. The number of rotatable bonds is 4. The monoisotopic (exact) mass is 285 g/mol. The van der Waals surface area contributed by atoms with E-state index in [0.29, 0.717) is 16.9 Å². The molecule has 0 radical (unpaired) electrons. The number of carbonyl (C=O) groups is 1. The van der Waals surface area contributed by atoms with Crippen molar-refractivity contribution in [3.63, 3.8) is 0 Å². The van der Waals surface area contributed by atoms with Crippen LogP contribution in [0.25, 0.3) is 0 Å². The van der Waals surface area contributed by atoms with Crippen LogP contribution in [0.3, 0.4) is 0 Å². The Morgan fingerprint density at radius 3 is 2.57 bits per heavy atom. The predicted octanol–water partition coefficient (Wildman–Crippen LogP) is 2.69. The number of aryl methyl sites for hydroxylation is 1. The fourth-order valence-corrected chi connectivity index (χ4v) is 2.11. The highest BCUT2D eigenvalue weighted by atomic mass is 16.5. The zero-order valence-corrected chi connectivity index (χ0v) is 12.4. The van der Waals surface area contributed by atoms with Crippen LogP contribution in [0.15, 0.2) is 36.4 Å². The second kappa shape index (κ2) is 6.17. The van der Waals surface area contributed by atoms with Gasteiger partial charge in [-0.1, -0.05) is 0 Å². The first-order valence-corrected chi connectivity index (χ1v) is 6.58. The van der Waals surface area contributed by atoms with E-state index >= 15 is 0 Å². The van der Waals surface area contributed by atoms with Crippen molar-refractivity contribution in [1.82, 2.24) is 5.32 Å². The molecule has 21 heavy (non-hydrogen) atoms. The van der Waals surface area contributed by atoms with Crippen molar-refractivity contribution >= 4 is 23.0 Å². The molecule has 0 fully saturated rings. The van der Waals surface area contributed by atoms with Crippen LogP contribution in [-0.2, 0) is 0 Å². The molecule has 0 bridgehead atoms. The fourth-order valence-electron chi connectivity index (χ4n) is 2.11. The molecule has 0 aliphatic rings. The van der Waals surface area contributed by atoms with Crippen LogP contribution in [0.1, 0.15) is 15.9 Å². The maximum atomic E-state index is 11.9. The van der Waals surface area contributed by atoms with E-state index < -0.39 is 0 Å². The highest BCUT2D eigenvalue weighted by Gasteiger charge is 2.11. The second-order valence-corrected chi connectivity index (χ2v) is 4.69. The van der Waals surface area contributed by atoms with Gasteiger partial charge in [0.1, 0.15) is 5.75 Å². The van der Waals surface area contributed by atoms with Gasteiger partial charge in [0, 0.05) is 18.4 Å². The maximum absolute atomic E-state index is 11.9. The molecule has 2 aromatic carbocycles. The van der Waals surface area contributed by atoms with Crippen molar-refractivity contribution in [3.8, 4) is 5.75 Å². The van der Waals surface area contributed by atoms with Gasteiger partial charge in [-0.05, 0) is 48.9 Å². The topological polar surface area (TPSA) is 76.4 Å². The van der Waals surface area contributed by atoms with E-state index in [9.17, 15) is 4.79 Å². The first kappa shape index (κ1) is 14.7. The van der Waals surface area contributed by atoms with Crippen LogP contribution >= 0.6 is 0 Å². The summed E-state index contributed by atoms with van der Waals surface area (Å²) in [5, 5.41) is 5.84. The molecule has 110 valence electrons. The smallest absolute Gasteiger partial charge is 0.253 e. The number of methoxy groups -OCH3 is 1. The zero-order chi connectivity index (χ0) is 15.4. The van der Waals surface area contributed by atoms with Gasteiger partial charge in [-0.15, -0.1) is 0 Å². The number of nitrogens with one attached hydrogen (secondary N) is 2. The van der Waals surface area contributed by atoms with Crippen molar-refractivity contribution in [3.05, 3.63) is 47.5 Å². The van der Waals surface area contributed by atoms with Crippen LogP contribution in [0.5, 0.6) is 5.75 Å². The lowest BCUT2D eigenvalue weighted by molar-refractivity contribution is 0.0964. The Morgan fingerprint density at radius 1 is 1.19 bits per heavy atom. The summed E-state index contributed by atoms with van der Waals surface area (Å²) in [7, 11) is 3.23. The molecule has 1 amide bonds. The average Bonchev–Trinajstić information content (AvgIpc) is 2.47. The van der Waals surface area contributed by atoms with E-state index in [1.165, 1.54) is 0 Å². The molecule has 0 atom stereocenters. The first-order valence-electron chi connectivity index (χ1n) is 6.58. The number of nitrogens with two attached hydrogens (primary N) is 1. The van der Waals surface area contributed by atoms with Gasteiger partial charge in [0.15, 0.2) is 0 Å². The number of amides is 1. The Labute approximate surface area is 124 Å². The largest absolute Gasteiger partial charge is 0.496 e. The van der Waals surface area contributed by atoms with E-state index in [1.807, 2.05) is 25.1 Å². The van der Waals surface area contributed by atoms with Gasteiger partial charge in [0.05, 0.1) is 18.4 Å². The molecule has 2 rings (SSSR count). The summed E-state index contributed by atoms with van der Waals surface area (Å²) in [5.74, 6) is 0.655. The highest BCUT2D eigenvalue weighted by Crippen LogP contribution is 2.27. The lowest BCUT2D eigenvalue weighted by Crippen LogP contribution is -2.19. The SMILES string of the molecule is CNC(=O)c1ccc(N)cc1Nc1ccc(OC)c(C)c1. The Kier molecular flexibility index (Phi) is 4.33. The molecule has 2 aromatic rings. The third-order valence-corrected chi connectivity index (χ3v) is 3.19. The molecule has 0 saturated carbocycles. The summed E-state index contributed by atoms with van der Waals surface area (Å²) in [5.41, 5.74) is 9.48. The van der Waals surface area contributed by atoms with Crippen molar-refractivity contribution in [2.75, 3.05) is 25.2 Å². The standard InChI is InChI=1S/C16H19N3O2/c1-10-8-12(5-7-15(10)21-3)19-14-9-11(17)4-6-13(14)16(20)18-2/h4-9,19H,17H2,1-3H3,(H,18,20). The minimum Gasteiger partial charge on any atom is -0.496 e. The van der Waals surface area contributed by atoms with Crippen LogP contribution in [0.4, 0.5) is 17.1 Å². The van der Waals surface area contributed by atoms with Crippen molar-refractivity contribution < 1.29 is 9.53 Å². The van der Waals surface area contributed by atoms with Gasteiger partial charge in [-0.2, -0.15) is 0 Å². The van der Waals surface area contributed by atoms with Crippen LogP contribution in [0, 0.1) is 6.92 Å². The Bertz CT molecular complexity index is 669. The molecule has 0 spiro atoms. The third kappa shape index (κ3) is 3.25. The fraction of sp³-hybridized carbons (Fsp3) is 0.188. The summed E-state index contributed by atoms with van der Waals surface area (Å²) in [4.78, 5) is 11.9. The van der Waals surface area contributed by atoms with Gasteiger partial charge >= 0.3 is 0 Å². The summed E-state index contributed by atoms with van der Waals surface area (Å²) in [6.07, 6.45) is 0. The first-order chi connectivity index (χ1) is 10.0. The molecular weight excluding hydrogens is 266 g/mol. The molecule has 5 nitrogen and oxygen atoms in total. The average molecular weight is 285 g/mol. The Morgan fingerprint density at radius 2 is 1.95 bits per heavy atom. The number of ether oxygens (including phenoxy) is 1. The molecule has 0 heterocycles. The number of hydrogen-bond donors (Lipinski definition) is 3. The van der Waals surface area contributed by atoms with Gasteiger partial charge in [-0.3, -0.25) is 4.79 Å². The molecule has 0 aliphatic heterocycles. The lowest BCUT2D eigenvalue weighted by Gasteiger charge is -2.13. The van der Waals surface area contributed by atoms with Gasteiger partial charge in [-0.25, -0.2) is 0 Å². The summed E-state index contributed by atoms with van der Waals surface area (Å²) < 4.78 is 5.24. The van der Waals surface area contributed by atoms with E-state index in [2.05, 4.69) is 10.6 Å². The van der Waals surface area contributed by atoms with Crippen molar-refractivity contribution in [2.24, 2.45) is 0 Å². The minimum atomic E-state index is -0.164. The van der Waals surface area contributed by atoms with E-state index in [1.54, 1.807) is 32.4 Å². The van der Waals surface area contributed by atoms with Crippen molar-refractivity contribution in [2.45, 2.75) is 6.92 Å². The minimum absolute atomic E-state index is 0.164. The molecular formula is C16H19N3O2. The van der Waals surface area contributed by atoms with E-state index in [4.69, 9.17) is 10.5 Å². The number of hydrogen-bond acceptors (Lipinski definition) is 4. The van der Waals surface area contributed by atoms with Crippen molar-refractivity contribution in [1.29, 1.82) is 0 Å². The molecule has 0 saturated heterocycles. The Balaban J connectivity index is 2.36. The van der Waals surface area contributed by atoms with Gasteiger partial charge in [0.25, 0.3) is 5.91 Å². The zero-order valence-electron chi connectivity index (χ0n) is 12.4. The number of benzene rings is 2. The van der Waals surface area contributed by atoms with Crippen LogP contribution in [-0.4, -0.2) is 20.1 Å². The summed E-state index contributed by atoms with van der Waals surface area (Å²) in [6, 6.07) is 10.9. The molecule has 0 unspecified atom stereocenters. The second-order valence-electron chi connectivity index (χ2n) is 4.69. The number of nitrogen functional groups attached to an aromatic ring is 1. The maximum Gasteiger partial charge on any atom is 0.253 e. The molecule has 5 heteroatoms. The third-order valence-electron chi connectivity index (χ3n) is 3.19. The molecule has 0 aliphatic carbocycles. The summed E-state index contributed by atoms with van der Waals surface area (Å²) >= 11 is 0.